The number of nitrogens with zero attached hydrogens (tertiary/aromatic N) is 3. The van der Waals surface area contributed by atoms with E-state index in [4.69, 9.17) is 28.0 Å². The summed E-state index contributed by atoms with van der Waals surface area (Å²) in [5.41, 5.74) is 0.524. The van der Waals surface area contributed by atoms with Gasteiger partial charge in [-0.25, -0.2) is 0 Å². The van der Waals surface area contributed by atoms with Crippen molar-refractivity contribution in [3.05, 3.63) is 31.4 Å². The molecule has 0 saturated carbocycles. The number of ketones is 1. The van der Waals surface area contributed by atoms with Crippen molar-refractivity contribution >= 4 is 58.1 Å². The van der Waals surface area contributed by atoms with E-state index < -0.39 is 0 Å². The quantitative estimate of drug-likeness (QED) is 0.458. The first-order valence-corrected chi connectivity index (χ1v) is 7.46. The normalized spacial score (nSPS) is 11.1. The van der Waals surface area contributed by atoms with E-state index in [1.54, 1.807) is 11.4 Å². The van der Waals surface area contributed by atoms with Crippen LogP contribution < -0.4 is 0 Å². The third-order valence-electron chi connectivity index (χ3n) is 2.01. The molecule has 0 spiro atoms. The highest BCUT2D eigenvalue weighted by Gasteiger charge is 2.10. The molecule has 0 N–H and O–H groups in total. The second-order valence-corrected chi connectivity index (χ2v) is 5.96. The average molecular weight is 336 g/mol. The Morgan fingerprint density at radius 1 is 1.53 bits per heavy atom. The highest BCUT2D eigenvalue weighted by Crippen LogP contribution is 2.23. The lowest BCUT2D eigenvalue weighted by atomic mass is 10.2. The molecule has 0 unspecified atom stereocenters. The summed E-state index contributed by atoms with van der Waals surface area (Å²) >= 11 is 14.0. The fourth-order valence-corrected chi connectivity index (χ4v) is 2.85. The molecule has 100 valence electrons. The van der Waals surface area contributed by atoms with Crippen LogP contribution >= 0.6 is 46.1 Å². The Morgan fingerprint density at radius 2 is 2.37 bits per heavy atom. The molecule has 2 heterocycles. The molecule has 0 amide bonds. The van der Waals surface area contributed by atoms with E-state index in [2.05, 4.69) is 14.7 Å². The van der Waals surface area contributed by atoms with Crippen LogP contribution in [0.2, 0.25) is 9.36 Å². The number of aromatic nitrogens is 2. The number of halogens is 2. The smallest absolute Gasteiger partial charge is 0.179 e. The average Bonchev–Trinajstić information content (AvgIpc) is 2.98. The number of carbonyl (C=O) groups excluding carboxylic acids is 1. The van der Waals surface area contributed by atoms with E-state index in [9.17, 15) is 4.79 Å². The SMILES string of the molecule is O=C(CC=NOCc1nnsc1Cl)c1sccc1Cl. The fourth-order valence-electron chi connectivity index (χ4n) is 1.14. The number of carbonyl (C=O) groups is 1. The second-order valence-electron chi connectivity index (χ2n) is 3.28. The van der Waals surface area contributed by atoms with Crippen LogP contribution in [-0.4, -0.2) is 21.6 Å². The van der Waals surface area contributed by atoms with Crippen LogP contribution in [0.25, 0.3) is 0 Å². The number of rotatable bonds is 6. The first-order chi connectivity index (χ1) is 9.18. The molecule has 0 aliphatic heterocycles. The lowest BCUT2D eigenvalue weighted by Crippen LogP contribution is -1.97. The summed E-state index contributed by atoms with van der Waals surface area (Å²) in [6.45, 7) is 0.125. The summed E-state index contributed by atoms with van der Waals surface area (Å²) in [6, 6.07) is 1.68. The molecule has 0 aromatic carbocycles. The molecule has 0 fully saturated rings. The summed E-state index contributed by atoms with van der Waals surface area (Å²) in [6.07, 6.45) is 1.51. The third kappa shape index (κ3) is 3.97. The van der Waals surface area contributed by atoms with E-state index in [1.165, 1.54) is 17.6 Å². The zero-order valence-electron chi connectivity index (χ0n) is 9.38. The largest absolute Gasteiger partial charge is 0.389 e. The van der Waals surface area contributed by atoms with Gasteiger partial charge in [-0.15, -0.1) is 16.4 Å². The summed E-state index contributed by atoms with van der Waals surface area (Å²) < 4.78 is 4.12. The summed E-state index contributed by atoms with van der Waals surface area (Å²) in [4.78, 5) is 17.2. The van der Waals surface area contributed by atoms with Crippen molar-refractivity contribution in [2.24, 2.45) is 5.16 Å². The van der Waals surface area contributed by atoms with Crippen LogP contribution in [0, 0.1) is 0 Å². The van der Waals surface area contributed by atoms with Gasteiger partial charge in [0.2, 0.25) is 0 Å². The van der Waals surface area contributed by atoms with Crippen molar-refractivity contribution in [2.75, 3.05) is 0 Å². The number of Topliss-reactive ketones (excluding diaryl/α,β-unsaturated/α-hetero) is 1. The predicted octanol–water partition coefficient (Wildman–Crippen LogP) is 3.68. The van der Waals surface area contributed by atoms with Crippen molar-refractivity contribution in [1.29, 1.82) is 0 Å². The first-order valence-electron chi connectivity index (χ1n) is 5.05. The topological polar surface area (TPSA) is 64.4 Å². The maximum atomic E-state index is 11.7. The third-order valence-corrected chi connectivity index (χ3v) is 4.37. The van der Waals surface area contributed by atoms with Gasteiger partial charge in [0.25, 0.3) is 0 Å². The Morgan fingerprint density at radius 3 is 3.00 bits per heavy atom. The Hall–Kier alpha value is -1.02. The van der Waals surface area contributed by atoms with Crippen LogP contribution in [0.3, 0.4) is 0 Å². The first kappa shape index (κ1) is 14.4. The van der Waals surface area contributed by atoms with Crippen molar-refractivity contribution < 1.29 is 9.63 Å². The fraction of sp³-hybridized carbons (Fsp3) is 0.200. The molecule has 5 nitrogen and oxygen atoms in total. The van der Waals surface area contributed by atoms with Crippen molar-refractivity contribution in [3.8, 4) is 0 Å². The Balaban J connectivity index is 1.77. The predicted molar refractivity (Wildman–Crippen MR) is 76.5 cm³/mol. The molecule has 2 rings (SSSR count). The minimum atomic E-state index is -0.0966. The minimum Gasteiger partial charge on any atom is -0.389 e. The van der Waals surface area contributed by atoms with Crippen LogP contribution in [0.15, 0.2) is 16.6 Å². The molecule has 19 heavy (non-hydrogen) atoms. The van der Waals surface area contributed by atoms with E-state index >= 15 is 0 Å². The molecule has 0 aliphatic carbocycles. The molecule has 2 aromatic heterocycles. The van der Waals surface area contributed by atoms with Crippen molar-refractivity contribution in [1.82, 2.24) is 9.59 Å². The lowest BCUT2D eigenvalue weighted by Gasteiger charge is -1.95. The maximum Gasteiger partial charge on any atom is 0.179 e. The Kier molecular flexibility index (Phi) is 5.26. The number of oxime groups is 1. The van der Waals surface area contributed by atoms with Gasteiger partial charge in [0.1, 0.15) is 10.0 Å². The lowest BCUT2D eigenvalue weighted by molar-refractivity contribution is 0.0999. The van der Waals surface area contributed by atoms with E-state index in [-0.39, 0.29) is 18.8 Å². The highest BCUT2D eigenvalue weighted by molar-refractivity contribution is 7.12. The van der Waals surface area contributed by atoms with Gasteiger partial charge in [0.05, 0.1) is 22.5 Å². The van der Waals surface area contributed by atoms with Gasteiger partial charge in [-0.1, -0.05) is 32.8 Å². The molecule has 0 bridgehead atoms. The van der Waals surface area contributed by atoms with Crippen LogP contribution in [0.4, 0.5) is 0 Å². The number of hydrogen-bond acceptors (Lipinski definition) is 7. The number of thiophene rings is 1. The van der Waals surface area contributed by atoms with E-state index in [0.717, 1.165) is 11.5 Å². The van der Waals surface area contributed by atoms with Gasteiger partial charge in [0, 0.05) is 11.5 Å². The molecule has 0 saturated heterocycles. The minimum absolute atomic E-state index is 0.0966. The molecule has 0 atom stereocenters. The maximum absolute atomic E-state index is 11.7. The molecule has 0 radical (unpaired) electrons. The molecular weight excluding hydrogens is 329 g/mol. The summed E-state index contributed by atoms with van der Waals surface area (Å²) in [5.74, 6) is -0.0966. The zero-order valence-corrected chi connectivity index (χ0v) is 12.5. The Labute approximate surface area is 127 Å². The van der Waals surface area contributed by atoms with Gasteiger partial charge in [0.15, 0.2) is 12.4 Å². The molecule has 2 aromatic rings. The van der Waals surface area contributed by atoms with E-state index in [0.29, 0.717) is 19.9 Å². The molecule has 9 heteroatoms. The number of hydrogen-bond donors (Lipinski definition) is 0. The van der Waals surface area contributed by atoms with Crippen LogP contribution in [0.1, 0.15) is 21.8 Å². The summed E-state index contributed by atoms with van der Waals surface area (Å²) in [7, 11) is 0. The van der Waals surface area contributed by atoms with Crippen molar-refractivity contribution in [3.63, 3.8) is 0 Å². The zero-order chi connectivity index (χ0) is 13.7. The van der Waals surface area contributed by atoms with Crippen molar-refractivity contribution in [2.45, 2.75) is 13.0 Å². The monoisotopic (exact) mass is 335 g/mol. The van der Waals surface area contributed by atoms with E-state index in [1.807, 2.05) is 0 Å². The Bertz CT molecular complexity index is 597. The van der Waals surface area contributed by atoms with Gasteiger partial charge < -0.3 is 4.84 Å². The van der Waals surface area contributed by atoms with Gasteiger partial charge in [-0.3, -0.25) is 4.79 Å². The molecular formula is C10H7Cl2N3O2S2. The van der Waals surface area contributed by atoms with Crippen LogP contribution in [0.5, 0.6) is 0 Å². The summed E-state index contributed by atoms with van der Waals surface area (Å²) in [5, 5.41) is 9.64. The molecule has 0 aliphatic rings. The van der Waals surface area contributed by atoms with Gasteiger partial charge in [-0.2, -0.15) is 0 Å². The second kappa shape index (κ2) is 6.95. The van der Waals surface area contributed by atoms with Gasteiger partial charge in [-0.05, 0) is 11.4 Å². The highest BCUT2D eigenvalue weighted by atomic mass is 35.5. The van der Waals surface area contributed by atoms with Crippen LogP contribution in [-0.2, 0) is 11.4 Å². The standard InChI is InChI=1S/C10H7Cl2N3O2S2/c11-6-2-4-18-9(6)8(16)1-3-13-17-5-7-10(12)19-15-14-7/h2-4H,1,5H2. The van der Waals surface area contributed by atoms with Gasteiger partial charge >= 0.3 is 0 Å².